The summed E-state index contributed by atoms with van der Waals surface area (Å²) in [6.07, 6.45) is -3.47. The predicted molar refractivity (Wildman–Crippen MR) is 128 cm³/mol. The number of aromatic nitrogens is 2. The molecule has 3 rings (SSSR count). The van der Waals surface area contributed by atoms with Gasteiger partial charge in [-0.2, -0.15) is 18.3 Å². The SMILES string of the molecule is CN=C(NCCc1c(C)nn(C)c1C)N1CCN(c2cccc(C(F)(F)F)c2)CC1.I. The highest BCUT2D eigenvalue weighted by atomic mass is 127. The number of aryl methyl sites for hydroxylation is 2. The first-order chi connectivity index (χ1) is 14.2. The van der Waals surface area contributed by atoms with Crippen molar-refractivity contribution in [3.05, 3.63) is 46.8 Å². The molecule has 1 fully saturated rings. The number of guanidine groups is 1. The van der Waals surface area contributed by atoms with E-state index >= 15 is 0 Å². The van der Waals surface area contributed by atoms with Gasteiger partial charge in [0.1, 0.15) is 0 Å². The zero-order valence-electron chi connectivity index (χ0n) is 18.3. The molecule has 0 spiro atoms. The molecule has 6 nitrogen and oxygen atoms in total. The molecule has 10 heteroatoms. The minimum atomic E-state index is -4.32. The summed E-state index contributed by atoms with van der Waals surface area (Å²) in [6, 6.07) is 5.53. The van der Waals surface area contributed by atoms with Crippen LogP contribution in [0, 0.1) is 13.8 Å². The number of hydrogen-bond donors (Lipinski definition) is 1. The fourth-order valence-electron chi connectivity index (χ4n) is 3.87. The molecule has 2 heterocycles. The Hall–Kier alpha value is -1.98. The van der Waals surface area contributed by atoms with Crippen LogP contribution in [0.25, 0.3) is 0 Å². The fourth-order valence-corrected chi connectivity index (χ4v) is 3.87. The van der Waals surface area contributed by atoms with Gasteiger partial charge in [0.2, 0.25) is 0 Å². The molecule has 0 unspecified atom stereocenters. The first-order valence-corrected chi connectivity index (χ1v) is 10.1. The average Bonchev–Trinajstić information content (AvgIpc) is 2.96. The van der Waals surface area contributed by atoms with E-state index in [1.165, 1.54) is 23.4 Å². The molecule has 1 aliphatic heterocycles. The highest BCUT2D eigenvalue weighted by molar-refractivity contribution is 14.0. The van der Waals surface area contributed by atoms with Crippen molar-refractivity contribution in [3.8, 4) is 0 Å². The Labute approximate surface area is 198 Å². The second-order valence-corrected chi connectivity index (χ2v) is 7.52. The van der Waals surface area contributed by atoms with Gasteiger partial charge in [0.25, 0.3) is 0 Å². The van der Waals surface area contributed by atoms with E-state index in [2.05, 4.69) is 27.2 Å². The molecule has 1 N–H and O–H groups in total. The van der Waals surface area contributed by atoms with Crippen LogP contribution in [-0.4, -0.2) is 60.4 Å². The molecule has 2 aromatic rings. The van der Waals surface area contributed by atoms with E-state index in [4.69, 9.17) is 0 Å². The molecule has 1 aliphatic rings. The van der Waals surface area contributed by atoms with Crippen LogP contribution < -0.4 is 10.2 Å². The summed E-state index contributed by atoms with van der Waals surface area (Å²) in [5.74, 6) is 0.817. The first kappa shape index (κ1) is 25.3. The largest absolute Gasteiger partial charge is 0.416 e. The minimum Gasteiger partial charge on any atom is -0.368 e. The van der Waals surface area contributed by atoms with E-state index < -0.39 is 11.7 Å². The van der Waals surface area contributed by atoms with E-state index in [-0.39, 0.29) is 24.0 Å². The fraction of sp³-hybridized carbons (Fsp3) is 0.524. The third-order valence-corrected chi connectivity index (χ3v) is 5.65. The normalized spacial score (nSPS) is 15.1. The van der Waals surface area contributed by atoms with Crippen LogP contribution in [0.3, 0.4) is 0 Å². The van der Waals surface area contributed by atoms with Gasteiger partial charge in [0.15, 0.2) is 5.96 Å². The molecule has 172 valence electrons. The third kappa shape index (κ3) is 6.05. The van der Waals surface area contributed by atoms with Crippen molar-refractivity contribution in [3.63, 3.8) is 0 Å². The Kier molecular flexibility index (Phi) is 8.61. The number of piperazine rings is 1. The number of benzene rings is 1. The lowest BCUT2D eigenvalue weighted by atomic mass is 10.1. The summed E-state index contributed by atoms with van der Waals surface area (Å²) in [4.78, 5) is 8.51. The van der Waals surface area contributed by atoms with Gasteiger partial charge in [-0.3, -0.25) is 9.67 Å². The Morgan fingerprint density at radius 2 is 1.84 bits per heavy atom. The third-order valence-electron chi connectivity index (χ3n) is 5.65. The Balaban J connectivity index is 0.00000341. The van der Waals surface area contributed by atoms with Crippen molar-refractivity contribution in [2.24, 2.45) is 12.0 Å². The van der Waals surface area contributed by atoms with Crippen LogP contribution >= 0.6 is 24.0 Å². The molecule has 0 radical (unpaired) electrons. The topological polar surface area (TPSA) is 48.7 Å². The van der Waals surface area contributed by atoms with E-state index in [0.717, 1.165) is 30.7 Å². The monoisotopic (exact) mass is 550 g/mol. The zero-order chi connectivity index (χ0) is 21.9. The van der Waals surface area contributed by atoms with E-state index in [1.54, 1.807) is 13.1 Å². The number of rotatable bonds is 4. The van der Waals surface area contributed by atoms with Crippen LogP contribution in [0.5, 0.6) is 0 Å². The molecular weight excluding hydrogens is 520 g/mol. The molecule has 0 amide bonds. The van der Waals surface area contributed by atoms with Gasteiger partial charge in [-0.1, -0.05) is 6.07 Å². The lowest BCUT2D eigenvalue weighted by molar-refractivity contribution is -0.137. The molecule has 0 atom stereocenters. The first-order valence-electron chi connectivity index (χ1n) is 10.1. The highest BCUT2D eigenvalue weighted by Crippen LogP contribution is 2.31. The summed E-state index contributed by atoms with van der Waals surface area (Å²) in [7, 11) is 3.70. The Morgan fingerprint density at radius 3 is 2.39 bits per heavy atom. The summed E-state index contributed by atoms with van der Waals surface area (Å²) in [5.41, 5.74) is 3.45. The van der Waals surface area contributed by atoms with Crippen LogP contribution in [0.1, 0.15) is 22.5 Å². The maximum absolute atomic E-state index is 13.0. The van der Waals surface area contributed by atoms with Gasteiger partial charge in [-0.05, 0) is 44.0 Å². The summed E-state index contributed by atoms with van der Waals surface area (Å²) < 4.78 is 40.9. The van der Waals surface area contributed by atoms with E-state index in [9.17, 15) is 13.2 Å². The molecule has 1 saturated heterocycles. The van der Waals surface area contributed by atoms with Crippen LogP contribution in [0.15, 0.2) is 29.3 Å². The van der Waals surface area contributed by atoms with Crippen molar-refractivity contribution in [2.75, 3.05) is 44.7 Å². The summed E-state index contributed by atoms with van der Waals surface area (Å²) in [5, 5.41) is 7.86. The maximum Gasteiger partial charge on any atom is 0.416 e. The number of aliphatic imine (C=N–C) groups is 1. The minimum absolute atomic E-state index is 0. The Morgan fingerprint density at radius 1 is 1.16 bits per heavy atom. The van der Waals surface area contributed by atoms with Gasteiger partial charge >= 0.3 is 6.18 Å². The van der Waals surface area contributed by atoms with E-state index in [0.29, 0.717) is 31.9 Å². The molecule has 31 heavy (non-hydrogen) atoms. The van der Waals surface area contributed by atoms with Crippen LogP contribution in [-0.2, 0) is 19.6 Å². The molecule has 0 aliphatic carbocycles. The van der Waals surface area contributed by atoms with Crippen molar-refractivity contribution in [2.45, 2.75) is 26.4 Å². The molecular formula is C21H30F3IN6. The van der Waals surface area contributed by atoms with Crippen molar-refractivity contribution in [1.82, 2.24) is 20.0 Å². The van der Waals surface area contributed by atoms with Gasteiger partial charge in [0.05, 0.1) is 11.3 Å². The smallest absolute Gasteiger partial charge is 0.368 e. The van der Waals surface area contributed by atoms with Crippen LogP contribution in [0.2, 0.25) is 0 Å². The second-order valence-electron chi connectivity index (χ2n) is 7.52. The molecule has 0 saturated carbocycles. The lowest BCUT2D eigenvalue weighted by Gasteiger charge is -2.37. The van der Waals surface area contributed by atoms with Crippen LogP contribution in [0.4, 0.5) is 18.9 Å². The number of halogens is 4. The van der Waals surface area contributed by atoms with E-state index in [1.807, 2.05) is 23.6 Å². The highest BCUT2D eigenvalue weighted by Gasteiger charge is 2.31. The number of nitrogens with zero attached hydrogens (tertiary/aromatic N) is 5. The lowest BCUT2D eigenvalue weighted by Crippen LogP contribution is -2.52. The van der Waals surface area contributed by atoms with Crippen molar-refractivity contribution >= 4 is 35.6 Å². The quantitative estimate of drug-likeness (QED) is 0.359. The number of alkyl halides is 3. The standard InChI is InChI=1S/C21H29F3N6.HI/c1-15-19(16(2)28(4)27-15)8-9-26-20(25-3)30-12-10-29(11-13-30)18-7-5-6-17(14-18)21(22,23)24;/h5-7,14H,8-13H2,1-4H3,(H,25,26);1H. The summed E-state index contributed by atoms with van der Waals surface area (Å²) in [6.45, 7) is 7.50. The second kappa shape index (κ2) is 10.6. The van der Waals surface area contributed by atoms with Gasteiger partial charge in [0, 0.05) is 58.2 Å². The maximum atomic E-state index is 13.0. The number of anilines is 1. The number of hydrogen-bond acceptors (Lipinski definition) is 3. The molecule has 1 aromatic carbocycles. The molecule has 0 bridgehead atoms. The number of nitrogens with one attached hydrogen (secondary N) is 1. The Bertz CT molecular complexity index is 901. The average molecular weight is 550 g/mol. The van der Waals surface area contributed by atoms with Crippen molar-refractivity contribution < 1.29 is 13.2 Å². The molecule has 1 aromatic heterocycles. The van der Waals surface area contributed by atoms with Gasteiger partial charge in [-0.15, -0.1) is 24.0 Å². The van der Waals surface area contributed by atoms with Gasteiger partial charge < -0.3 is 15.1 Å². The summed E-state index contributed by atoms with van der Waals surface area (Å²) >= 11 is 0. The van der Waals surface area contributed by atoms with Gasteiger partial charge in [-0.25, -0.2) is 0 Å². The predicted octanol–water partition coefficient (Wildman–Crippen LogP) is 3.61. The zero-order valence-corrected chi connectivity index (χ0v) is 20.7. The van der Waals surface area contributed by atoms with Crippen molar-refractivity contribution in [1.29, 1.82) is 0 Å².